The molecule has 0 aliphatic carbocycles. The molecule has 1 unspecified atom stereocenters. The first-order chi connectivity index (χ1) is 13.9. The van der Waals surface area contributed by atoms with E-state index >= 15 is 0 Å². The van der Waals surface area contributed by atoms with Gasteiger partial charge in [0.2, 0.25) is 0 Å². The summed E-state index contributed by atoms with van der Waals surface area (Å²) in [5.74, 6) is 0.131. The van der Waals surface area contributed by atoms with Gasteiger partial charge in [0.25, 0.3) is 5.91 Å². The number of nitrogens with zero attached hydrogens (tertiary/aromatic N) is 2. The van der Waals surface area contributed by atoms with Crippen LogP contribution in [0.3, 0.4) is 0 Å². The summed E-state index contributed by atoms with van der Waals surface area (Å²) in [4.78, 5) is 31.8. The van der Waals surface area contributed by atoms with Crippen molar-refractivity contribution in [2.75, 3.05) is 13.1 Å². The number of rotatable bonds is 6. The summed E-state index contributed by atoms with van der Waals surface area (Å²) >= 11 is 1.25. The van der Waals surface area contributed by atoms with Crippen LogP contribution in [-0.4, -0.2) is 41.0 Å². The molecule has 156 valence electrons. The molecule has 0 bridgehead atoms. The minimum Gasteiger partial charge on any atom is -0.486 e. The van der Waals surface area contributed by atoms with Crippen molar-refractivity contribution in [3.63, 3.8) is 0 Å². The van der Waals surface area contributed by atoms with Crippen LogP contribution in [-0.2, 0) is 16.1 Å². The van der Waals surface area contributed by atoms with Crippen molar-refractivity contribution in [3.8, 4) is 5.75 Å². The molecule has 3 rings (SSSR count). The Kier molecular flexibility index (Phi) is 7.25. The lowest BCUT2D eigenvalue weighted by molar-refractivity contribution is -0.139. The first kappa shape index (κ1) is 21.3. The van der Waals surface area contributed by atoms with Crippen LogP contribution in [0.1, 0.15) is 58.5 Å². The van der Waals surface area contributed by atoms with E-state index in [0.717, 1.165) is 50.1 Å². The second-order valence-corrected chi connectivity index (χ2v) is 8.49. The summed E-state index contributed by atoms with van der Waals surface area (Å²) < 4.78 is 11.2. The number of hydrogen-bond acceptors (Lipinski definition) is 6. The summed E-state index contributed by atoms with van der Waals surface area (Å²) in [7, 11) is 0. The molecule has 1 aromatic heterocycles. The van der Waals surface area contributed by atoms with Crippen LogP contribution < -0.4 is 4.74 Å². The maximum absolute atomic E-state index is 12.6. The zero-order valence-corrected chi connectivity index (χ0v) is 18.1. The van der Waals surface area contributed by atoms with E-state index in [4.69, 9.17) is 9.47 Å². The van der Waals surface area contributed by atoms with Crippen molar-refractivity contribution in [1.29, 1.82) is 0 Å². The number of hydrogen-bond donors (Lipinski definition) is 0. The maximum Gasteiger partial charge on any atom is 0.351 e. The molecule has 1 atom stereocenters. The number of ether oxygens (including phenoxy) is 2. The first-order valence-electron chi connectivity index (χ1n) is 10.1. The van der Waals surface area contributed by atoms with Gasteiger partial charge in [0, 0.05) is 13.1 Å². The van der Waals surface area contributed by atoms with E-state index < -0.39 is 12.1 Å². The Morgan fingerprint density at radius 1 is 1.10 bits per heavy atom. The van der Waals surface area contributed by atoms with Gasteiger partial charge < -0.3 is 14.4 Å². The highest BCUT2D eigenvalue weighted by molar-refractivity contribution is 7.13. The summed E-state index contributed by atoms with van der Waals surface area (Å²) in [5, 5.41) is 0.696. The maximum atomic E-state index is 12.6. The predicted molar refractivity (Wildman–Crippen MR) is 112 cm³/mol. The average Bonchev–Trinajstić information content (AvgIpc) is 2.90. The number of esters is 1. The molecular weight excluding hydrogens is 388 g/mol. The molecule has 1 aromatic carbocycles. The summed E-state index contributed by atoms with van der Waals surface area (Å²) in [6, 6.07) is 7.77. The number of thiazole rings is 1. The Bertz CT molecular complexity index is 839. The van der Waals surface area contributed by atoms with Crippen molar-refractivity contribution in [2.24, 2.45) is 0 Å². The number of benzene rings is 1. The van der Waals surface area contributed by atoms with Crippen molar-refractivity contribution < 1.29 is 19.1 Å². The molecule has 7 heteroatoms. The quantitative estimate of drug-likeness (QED) is 0.657. The molecule has 1 aliphatic heterocycles. The molecule has 0 N–H and O–H groups in total. The largest absolute Gasteiger partial charge is 0.486 e. The molecule has 29 heavy (non-hydrogen) atoms. The SMILES string of the molecule is Cc1ccc(OCc2nc(C)c(C(=O)OC(C)C(=O)N3CCCCCC3)s2)cc1. The molecule has 1 amide bonds. The molecule has 6 nitrogen and oxygen atoms in total. The Hall–Kier alpha value is -2.41. The normalized spacial score (nSPS) is 15.5. The molecule has 0 saturated carbocycles. The Balaban J connectivity index is 1.57. The van der Waals surface area contributed by atoms with Crippen LogP contribution in [0.25, 0.3) is 0 Å². The van der Waals surface area contributed by atoms with Crippen molar-refractivity contribution in [2.45, 2.75) is 59.2 Å². The molecule has 1 fully saturated rings. The highest BCUT2D eigenvalue weighted by Gasteiger charge is 2.26. The monoisotopic (exact) mass is 416 g/mol. The summed E-state index contributed by atoms with van der Waals surface area (Å²) in [6.07, 6.45) is 3.50. The van der Waals surface area contributed by atoms with Crippen LogP contribution in [0.4, 0.5) is 0 Å². The number of amides is 1. The summed E-state index contributed by atoms with van der Waals surface area (Å²) in [6.45, 7) is 7.18. The highest BCUT2D eigenvalue weighted by Crippen LogP contribution is 2.22. The standard InChI is InChI=1S/C22H28N2O4S/c1-15-8-10-18(11-9-15)27-14-19-23-16(2)20(29-19)22(26)28-17(3)21(25)24-12-6-4-5-7-13-24/h8-11,17H,4-7,12-14H2,1-3H3. The fourth-order valence-electron chi connectivity index (χ4n) is 3.30. The Labute approximate surface area is 175 Å². The zero-order chi connectivity index (χ0) is 20.8. The van der Waals surface area contributed by atoms with Crippen LogP contribution in [0, 0.1) is 13.8 Å². The lowest BCUT2D eigenvalue weighted by Gasteiger charge is -2.23. The van der Waals surface area contributed by atoms with Gasteiger partial charge in [0.1, 0.15) is 22.2 Å². The van der Waals surface area contributed by atoms with Crippen LogP contribution in [0.15, 0.2) is 24.3 Å². The molecule has 0 spiro atoms. The zero-order valence-electron chi connectivity index (χ0n) is 17.3. The Morgan fingerprint density at radius 3 is 2.41 bits per heavy atom. The van der Waals surface area contributed by atoms with Gasteiger partial charge in [-0.1, -0.05) is 30.5 Å². The second-order valence-electron chi connectivity index (χ2n) is 7.41. The van der Waals surface area contributed by atoms with E-state index in [1.807, 2.05) is 36.1 Å². The van der Waals surface area contributed by atoms with Crippen LogP contribution in [0.5, 0.6) is 5.75 Å². The number of carbonyl (C=O) groups excluding carboxylic acids is 2. The van der Waals surface area contributed by atoms with Gasteiger partial charge in [-0.3, -0.25) is 4.79 Å². The topological polar surface area (TPSA) is 68.7 Å². The minimum atomic E-state index is -0.797. The van der Waals surface area contributed by atoms with Crippen LogP contribution in [0.2, 0.25) is 0 Å². The fraction of sp³-hybridized carbons (Fsp3) is 0.500. The molecule has 1 aliphatic rings. The third kappa shape index (κ3) is 5.79. The molecule has 2 aromatic rings. The third-order valence-corrected chi connectivity index (χ3v) is 6.07. The molecule has 0 radical (unpaired) electrons. The number of carbonyl (C=O) groups is 2. The third-order valence-electron chi connectivity index (χ3n) is 4.96. The second kappa shape index (κ2) is 9.87. The van der Waals surface area contributed by atoms with Crippen molar-refractivity contribution in [3.05, 3.63) is 45.4 Å². The molecule has 2 heterocycles. The van der Waals surface area contributed by atoms with Gasteiger partial charge in [-0.15, -0.1) is 11.3 Å². The van der Waals surface area contributed by atoms with Crippen molar-refractivity contribution in [1.82, 2.24) is 9.88 Å². The minimum absolute atomic E-state index is 0.120. The molecule has 1 saturated heterocycles. The van der Waals surface area contributed by atoms with E-state index in [1.54, 1.807) is 13.8 Å². The van der Waals surface area contributed by atoms with Gasteiger partial charge in [0.05, 0.1) is 5.69 Å². The van der Waals surface area contributed by atoms with Gasteiger partial charge in [-0.2, -0.15) is 0 Å². The van der Waals surface area contributed by atoms with Gasteiger partial charge in [-0.25, -0.2) is 9.78 Å². The highest BCUT2D eigenvalue weighted by atomic mass is 32.1. The lowest BCUT2D eigenvalue weighted by Crippen LogP contribution is -2.40. The van der Waals surface area contributed by atoms with Gasteiger partial charge in [0.15, 0.2) is 6.10 Å². The van der Waals surface area contributed by atoms with E-state index in [-0.39, 0.29) is 12.5 Å². The number of likely N-dealkylation sites (tertiary alicyclic amines) is 1. The van der Waals surface area contributed by atoms with Crippen LogP contribution >= 0.6 is 11.3 Å². The lowest BCUT2D eigenvalue weighted by atomic mass is 10.2. The number of aryl methyl sites for hydroxylation is 2. The fourth-order valence-corrected chi connectivity index (χ4v) is 4.16. The van der Waals surface area contributed by atoms with Crippen molar-refractivity contribution >= 4 is 23.2 Å². The van der Waals surface area contributed by atoms with Gasteiger partial charge >= 0.3 is 5.97 Å². The smallest absolute Gasteiger partial charge is 0.351 e. The molecular formula is C22H28N2O4S. The summed E-state index contributed by atoms with van der Waals surface area (Å²) in [5.41, 5.74) is 1.76. The Morgan fingerprint density at radius 2 is 1.76 bits per heavy atom. The van der Waals surface area contributed by atoms with Gasteiger partial charge in [-0.05, 0) is 45.7 Å². The van der Waals surface area contributed by atoms with E-state index in [2.05, 4.69) is 4.98 Å². The van der Waals surface area contributed by atoms with E-state index in [1.165, 1.54) is 11.3 Å². The van der Waals surface area contributed by atoms with E-state index in [0.29, 0.717) is 15.6 Å². The predicted octanol–water partition coefficient (Wildman–Crippen LogP) is 4.29. The first-order valence-corrected chi connectivity index (χ1v) is 10.9. The average molecular weight is 417 g/mol. The van der Waals surface area contributed by atoms with E-state index in [9.17, 15) is 9.59 Å². The number of aromatic nitrogens is 1.